The van der Waals surface area contributed by atoms with Gasteiger partial charge in [-0.05, 0) is 36.2 Å². The Balaban J connectivity index is -0.000000249. The minimum Gasteiger partial charge on any atom is -0.481 e. The van der Waals surface area contributed by atoms with Crippen molar-refractivity contribution in [3.8, 4) is 0 Å². The molecule has 0 radical (unpaired) electrons. The van der Waals surface area contributed by atoms with Crippen molar-refractivity contribution in [3.05, 3.63) is 0 Å². The van der Waals surface area contributed by atoms with Gasteiger partial charge in [-0.3, -0.25) is 9.59 Å². The maximum absolute atomic E-state index is 9.87. The normalized spacial score (nSPS) is 12.1. The van der Waals surface area contributed by atoms with Gasteiger partial charge >= 0.3 is 11.9 Å². The highest BCUT2D eigenvalue weighted by molar-refractivity contribution is 7.81. The van der Waals surface area contributed by atoms with Gasteiger partial charge in [0.05, 0.1) is 0 Å². The number of aliphatic hydroxyl groups is 2. The van der Waals surface area contributed by atoms with Crippen LogP contribution in [0.5, 0.6) is 0 Å². The fraction of sp³-hybridized carbons (Fsp3) is 0.857. The molecule has 0 fully saturated rings. The van der Waals surface area contributed by atoms with Gasteiger partial charge in [0.1, 0.15) is 0 Å². The Morgan fingerprint density at radius 2 is 1.09 bits per heavy atom. The van der Waals surface area contributed by atoms with E-state index in [1.54, 1.807) is 0 Å². The Morgan fingerprint density at radius 3 is 1.18 bits per heavy atom. The van der Waals surface area contributed by atoms with Crippen LogP contribution < -0.4 is 0 Å². The predicted molar refractivity (Wildman–Crippen MR) is 94.0 cm³/mol. The SMILES string of the molecule is CC(S)CCC(=O)O.CC(S)CCC(=O)O.OCCCCO. The molecule has 4 N–H and O–H groups in total. The summed E-state index contributed by atoms with van der Waals surface area (Å²) in [6, 6.07) is 0. The van der Waals surface area contributed by atoms with Gasteiger partial charge in [0, 0.05) is 26.1 Å². The summed E-state index contributed by atoms with van der Waals surface area (Å²) in [6.07, 6.45) is 3.19. The monoisotopic (exact) mass is 358 g/mol. The van der Waals surface area contributed by atoms with Crippen LogP contribution in [0, 0.1) is 0 Å². The summed E-state index contributed by atoms with van der Waals surface area (Å²) in [5.74, 6) is -1.49. The van der Waals surface area contributed by atoms with Gasteiger partial charge in [-0.2, -0.15) is 25.3 Å². The molecular weight excluding hydrogens is 328 g/mol. The zero-order chi connectivity index (χ0) is 18.0. The average Bonchev–Trinajstić information content (AvgIpc) is 2.42. The van der Waals surface area contributed by atoms with Crippen molar-refractivity contribution < 1.29 is 30.0 Å². The van der Waals surface area contributed by atoms with Crippen LogP contribution in [-0.4, -0.2) is 56.1 Å². The van der Waals surface area contributed by atoms with Crippen molar-refractivity contribution in [1.29, 1.82) is 0 Å². The molecule has 0 aliphatic carbocycles. The maximum Gasteiger partial charge on any atom is 0.303 e. The average molecular weight is 359 g/mol. The lowest BCUT2D eigenvalue weighted by Gasteiger charge is -1.96. The van der Waals surface area contributed by atoms with Gasteiger partial charge in [-0.1, -0.05) is 13.8 Å². The molecule has 2 atom stereocenters. The van der Waals surface area contributed by atoms with Crippen LogP contribution in [0.1, 0.15) is 52.4 Å². The van der Waals surface area contributed by atoms with Gasteiger partial charge < -0.3 is 20.4 Å². The number of carboxylic acid groups (broad SMARTS) is 2. The fourth-order valence-electron chi connectivity index (χ4n) is 0.888. The molecule has 0 aromatic carbocycles. The van der Waals surface area contributed by atoms with Crippen LogP contribution in [-0.2, 0) is 9.59 Å². The van der Waals surface area contributed by atoms with E-state index in [2.05, 4.69) is 25.3 Å². The van der Waals surface area contributed by atoms with E-state index in [-0.39, 0.29) is 36.6 Å². The molecule has 8 heteroatoms. The van der Waals surface area contributed by atoms with E-state index in [9.17, 15) is 9.59 Å². The first kappa shape index (κ1) is 26.5. The quantitative estimate of drug-likeness (QED) is 0.278. The minimum atomic E-state index is -0.745. The summed E-state index contributed by atoms with van der Waals surface area (Å²) in [5, 5.41) is 32.8. The number of aliphatic hydroxyl groups excluding tert-OH is 2. The lowest BCUT2D eigenvalue weighted by atomic mass is 10.2. The zero-order valence-electron chi connectivity index (χ0n) is 13.3. The Morgan fingerprint density at radius 1 is 0.818 bits per heavy atom. The summed E-state index contributed by atoms with van der Waals surface area (Å²) in [4.78, 5) is 19.7. The van der Waals surface area contributed by atoms with Crippen LogP contribution in [0.25, 0.3) is 0 Å². The van der Waals surface area contributed by atoms with Gasteiger partial charge in [-0.25, -0.2) is 0 Å². The molecule has 22 heavy (non-hydrogen) atoms. The van der Waals surface area contributed by atoms with E-state index in [4.69, 9.17) is 20.4 Å². The first-order valence-electron chi connectivity index (χ1n) is 7.18. The molecule has 0 heterocycles. The summed E-state index contributed by atoms with van der Waals surface area (Å²) < 4.78 is 0. The smallest absolute Gasteiger partial charge is 0.303 e. The molecule has 6 nitrogen and oxygen atoms in total. The van der Waals surface area contributed by atoms with E-state index >= 15 is 0 Å². The highest BCUT2D eigenvalue weighted by atomic mass is 32.1. The van der Waals surface area contributed by atoms with E-state index < -0.39 is 11.9 Å². The molecule has 0 aliphatic rings. The van der Waals surface area contributed by atoms with Gasteiger partial charge in [0.2, 0.25) is 0 Å². The number of carboxylic acids is 2. The number of carbonyl (C=O) groups is 2. The molecule has 0 saturated heterocycles. The van der Waals surface area contributed by atoms with Crippen LogP contribution in [0.2, 0.25) is 0 Å². The molecule has 0 amide bonds. The second kappa shape index (κ2) is 20.6. The van der Waals surface area contributed by atoms with E-state index in [1.807, 2.05) is 13.8 Å². The molecular formula is C14H30O6S2. The van der Waals surface area contributed by atoms with Crippen molar-refractivity contribution in [1.82, 2.24) is 0 Å². The summed E-state index contributed by atoms with van der Waals surface area (Å²) in [5.41, 5.74) is 0. The summed E-state index contributed by atoms with van der Waals surface area (Å²) in [7, 11) is 0. The number of rotatable bonds is 9. The lowest BCUT2D eigenvalue weighted by molar-refractivity contribution is -0.138. The lowest BCUT2D eigenvalue weighted by Crippen LogP contribution is -1.98. The highest BCUT2D eigenvalue weighted by Crippen LogP contribution is 2.02. The Bertz CT molecular complexity index is 234. The Kier molecular flexibility index (Phi) is 24.7. The topological polar surface area (TPSA) is 115 Å². The molecule has 134 valence electrons. The molecule has 0 rings (SSSR count). The third-order valence-electron chi connectivity index (χ3n) is 2.12. The summed E-state index contributed by atoms with van der Waals surface area (Å²) in [6.45, 7) is 4.15. The molecule has 0 aromatic heterocycles. The van der Waals surface area contributed by atoms with Crippen molar-refractivity contribution in [2.45, 2.75) is 62.9 Å². The maximum atomic E-state index is 9.87. The molecule has 0 aromatic rings. The standard InChI is InChI=1S/2C5H10O2S.C4H10O2/c2*1-4(8)2-3-5(6)7;5-3-1-2-4-6/h2*4,8H,2-3H2,1H3,(H,6,7);5-6H,1-4H2. The third kappa shape index (κ3) is 42.7. The van der Waals surface area contributed by atoms with Gasteiger partial charge in [-0.15, -0.1) is 0 Å². The second-order valence-corrected chi connectivity index (χ2v) is 6.48. The van der Waals surface area contributed by atoms with E-state index in [1.165, 1.54) is 0 Å². The number of aliphatic carboxylic acids is 2. The molecule has 0 bridgehead atoms. The highest BCUT2D eigenvalue weighted by Gasteiger charge is 1.99. The largest absolute Gasteiger partial charge is 0.481 e. The number of hydrogen-bond acceptors (Lipinski definition) is 6. The number of thiol groups is 2. The van der Waals surface area contributed by atoms with E-state index in [0.29, 0.717) is 12.8 Å². The van der Waals surface area contributed by atoms with Crippen LogP contribution >= 0.6 is 25.3 Å². The predicted octanol–water partition coefficient (Wildman–Crippen LogP) is 2.09. The summed E-state index contributed by atoms with van der Waals surface area (Å²) >= 11 is 8.02. The fourth-order valence-corrected chi connectivity index (χ4v) is 1.15. The van der Waals surface area contributed by atoms with Crippen LogP contribution in [0.15, 0.2) is 0 Å². The van der Waals surface area contributed by atoms with Crippen LogP contribution in [0.4, 0.5) is 0 Å². The Labute approximate surface area is 143 Å². The Hall–Kier alpha value is -0.440. The second-order valence-electron chi connectivity index (χ2n) is 4.72. The van der Waals surface area contributed by atoms with Crippen molar-refractivity contribution in [2.24, 2.45) is 0 Å². The molecule has 2 unspecified atom stereocenters. The minimum absolute atomic E-state index is 0.195. The first-order valence-corrected chi connectivity index (χ1v) is 8.22. The molecule has 0 spiro atoms. The third-order valence-corrected chi connectivity index (χ3v) is 2.63. The van der Waals surface area contributed by atoms with Crippen LogP contribution in [0.3, 0.4) is 0 Å². The first-order chi connectivity index (χ1) is 10.2. The number of hydrogen-bond donors (Lipinski definition) is 6. The van der Waals surface area contributed by atoms with Crippen molar-refractivity contribution in [3.63, 3.8) is 0 Å². The van der Waals surface area contributed by atoms with Gasteiger partial charge in [0.15, 0.2) is 0 Å². The molecule has 0 saturated carbocycles. The van der Waals surface area contributed by atoms with E-state index in [0.717, 1.165) is 12.8 Å². The van der Waals surface area contributed by atoms with Crippen molar-refractivity contribution >= 4 is 37.2 Å². The van der Waals surface area contributed by atoms with Gasteiger partial charge in [0.25, 0.3) is 0 Å². The zero-order valence-corrected chi connectivity index (χ0v) is 15.1. The number of unbranched alkanes of at least 4 members (excludes halogenated alkanes) is 1. The molecule has 0 aliphatic heterocycles. The van der Waals surface area contributed by atoms with Crippen molar-refractivity contribution in [2.75, 3.05) is 13.2 Å².